The van der Waals surface area contributed by atoms with Gasteiger partial charge in [0, 0.05) is 15.6 Å². The Morgan fingerprint density at radius 3 is 2.57 bits per heavy atom. The molecule has 0 atom stereocenters. The van der Waals surface area contributed by atoms with E-state index in [1.54, 1.807) is 6.07 Å². The fourth-order valence-corrected chi connectivity index (χ4v) is 2.67. The molecule has 6 heteroatoms. The van der Waals surface area contributed by atoms with Crippen LogP contribution in [0.25, 0.3) is 10.9 Å². The second-order valence-corrected chi connectivity index (χ2v) is 5.98. The lowest BCUT2D eigenvalue weighted by molar-refractivity contribution is 0.0988. The van der Waals surface area contributed by atoms with E-state index in [2.05, 4.69) is 20.9 Å². The van der Waals surface area contributed by atoms with Crippen LogP contribution in [0.1, 0.15) is 16.1 Å². The van der Waals surface area contributed by atoms with Gasteiger partial charge < -0.3 is 15.3 Å². The molecule has 0 amide bonds. The van der Waals surface area contributed by atoms with Crippen LogP contribution in [0.2, 0.25) is 0 Å². The lowest BCUT2D eigenvalue weighted by Gasteiger charge is -2.07. The first kappa shape index (κ1) is 15.3. The van der Waals surface area contributed by atoms with Gasteiger partial charge in [0.05, 0.1) is 17.5 Å². The van der Waals surface area contributed by atoms with Gasteiger partial charge in [-0.3, -0.25) is 9.78 Å². The first-order valence-corrected chi connectivity index (χ1v) is 7.57. The van der Waals surface area contributed by atoms with Crippen LogP contribution < -0.4 is 0 Å². The number of carbonyl (C=O) groups excluding carboxylic acids is 1. The number of nitrogens with zero attached hydrogens (tertiary/aromatic N) is 1. The second-order valence-electron chi connectivity index (χ2n) is 5.07. The van der Waals surface area contributed by atoms with Crippen molar-refractivity contribution < 1.29 is 20.1 Å². The number of ketones is 1. The quantitative estimate of drug-likeness (QED) is 0.482. The summed E-state index contributed by atoms with van der Waals surface area (Å²) in [5.41, 5.74) is 1.26. The van der Waals surface area contributed by atoms with Crippen LogP contribution in [0.5, 0.6) is 17.2 Å². The van der Waals surface area contributed by atoms with Gasteiger partial charge in [-0.15, -0.1) is 0 Å². The minimum Gasteiger partial charge on any atom is -0.504 e. The van der Waals surface area contributed by atoms with Crippen LogP contribution in [0.4, 0.5) is 0 Å². The lowest BCUT2D eigenvalue weighted by atomic mass is 10.0. The molecule has 1 aromatic heterocycles. The molecule has 23 heavy (non-hydrogen) atoms. The molecule has 0 fully saturated rings. The van der Waals surface area contributed by atoms with Crippen molar-refractivity contribution in [1.29, 1.82) is 0 Å². The van der Waals surface area contributed by atoms with Crippen LogP contribution in [-0.2, 0) is 6.42 Å². The monoisotopic (exact) mass is 373 g/mol. The molecular formula is C17H12BrNO4. The van der Waals surface area contributed by atoms with E-state index >= 15 is 0 Å². The maximum atomic E-state index is 12.3. The summed E-state index contributed by atoms with van der Waals surface area (Å²) in [6.45, 7) is 0. The topological polar surface area (TPSA) is 90.7 Å². The Morgan fingerprint density at radius 2 is 1.78 bits per heavy atom. The van der Waals surface area contributed by atoms with Gasteiger partial charge in [0.15, 0.2) is 17.3 Å². The molecule has 3 rings (SSSR count). The summed E-state index contributed by atoms with van der Waals surface area (Å²) in [5.74, 6) is -2.21. The van der Waals surface area contributed by atoms with Crippen LogP contribution in [0.3, 0.4) is 0 Å². The number of hydrogen-bond donors (Lipinski definition) is 3. The van der Waals surface area contributed by atoms with Crippen molar-refractivity contribution in [1.82, 2.24) is 4.98 Å². The molecule has 0 spiro atoms. The molecule has 2 aromatic carbocycles. The molecule has 0 unspecified atom stereocenters. The smallest absolute Gasteiger partial charge is 0.201 e. The Kier molecular flexibility index (Phi) is 3.92. The highest BCUT2D eigenvalue weighted by Gasteiger charge is 2.18. The Hall–Kier alpha value is -2.60. The number of pyridine rings is 1. The van der Waals surface area contributed by atoms with E-state index in [0.29, 0.717) is 5.69 Å². The fourth-order valence-electron chi connectivity index (χ4n) is 2.29. The number of phenols is 3. The Balaban J connectivity index is 1.91. The predicted octanol–water partition coefficient (Wildman–Crippen LogP) is 3.54. The summed E-state index contributed by atoms with van der Waals surface area (Å²) in [7, 11) is 0. The molecule has 116 valence electrons. The zero-order valence-electron chi connectivity index (χ0n) is 11.8. The third-order valence-corrected chi connectivity index (χ3v) is 3.97. The lowest BCUT2D eigenvalue weighted by Crippen LogP contribution is -2.05. The van der Waals surface area contributed by atoms with E-state index < -0.39 is 23.0 Å². The number of Topliss-reactive ketones (excluding diaryl/α,β-unsaturated/α-hetero) is 1. The number of phenolic OH excluding ortho intramolecular Hbond substituents is 3. The highest BCUT2D eigenvalue weighted by Crippen LogP contribution is 2.37. The van der Waals surface area contributed by atoms with Crippen molar-refractivity contribution in [3.8, 4) is 17.2 Å². The van der Waals surface area contributed by atoms with Crippen molar-refractivity contribution in [2.24, 2.45) is 0 Å². The maximum Gasteiger partial charge on any atom is 0.201 e. The van der Waals surface area contributed by atoms with Crippen molar-refractivity contribution in [3.63, 3.8) is 0 Å². The minimum absolute atomic E-state index is 0.0240. The van der Waals surface area contributed by atoms with E-state index in [1.165, 1.54) is 6.07 Å². The average Bonchev–Trinajstić information content (AvgIpc) is 2.52. The zero-order valence-corrected chi connectivity index (χ0v) is 13.4. The SMILES string of the molecule is O=C(Cc1ccc2cc(Br)ccc2n1)c1ccc(O)c(O)c1O. The fraction of sp³-hybridized carbons (Fsp3) is 0.0588. The standard InChI is InChI=1S/C17H12BrNO4/c18-10-2-5-13-9(7-10)1-3-11(19-13)8-15(21)12-4-6-14(20)17(23)16(12)22/h1-7,20,22-23H,8H2. The molecule has 0 saturated carbocycles. The van der Waals surface area contributed by atoms with E-state index in [9.17, 15) is 20.1 Å². The van der Waals surface area contributed by atoms with Crippen LogP contribution >= 0.6 is 15.9 Å². The van der Waals surface area contributed by atoms with Gasteiger partial charge in [0.1, 0.15) is 0 Å². The van der Waals surface area contributed by atoms with Crippen LogP contribution in [-0.4, -0.2) is 26.1 Å². The van der Waals surface area contributed by atoms with Crippen molar-refractivity contribution in [2.75, 3.05) is 0 Å². The number of fused-ring (bicyclic) bond motifs is 1. The number of carbonyl (C=O) groups is 1. The van der Waals surface area contributed by atoms with Gasteiger partial charge in [-0.1, -0.05) is 22.0 Å². The molecule has 0 saturated heterocycles. The highest BCUT2D eigenvalue weighted by atomic mass is 79.9. The Bertz CT molecular complexity index is 924. The summed E-state index contributed by atoms with van der Waals surface area (Å²) >= 11 is 3.39. The van der Waals surface area contributed by atoms with E-state index in [-0.39, 0.29) is 12.0 Å². The van der Waals surface area contributed by atoms with E-state index in [4.69, 9.17) is 0 Å². The molecule has 0 radical (unpaired) electrons. The third kappa shape index (κ3) is 2.98. The molecule has 5 nitrogen and oxygen atoms in total. The van der Waals surface area contributed by atoms with E-state index in [0.717, 1.165) is 21.4 Å². The molecule has 3 aromatic rings. The summed E-state index contributed by atoms with van der Waals surface area (Å²) in [4.78, 5) is 16.7. The maximum absolute atomic E-state index is 12.3. The summed E-state index contributed by atoms with van der Waals surface area (Å²) in [6, 6.07) is 11.7. The zero-order chi connectivity index (χ0) is 16.6. The number of hydrogen-bond acceptors (Lipinski definition) is 5. The van der Waals surface area contributed by atoms with Gasteiger partial charge in [-0.05, 0) is 36.4 Å². The summed E-state index contributed by atoms with van der Waals surface area (Å²) in [5, 5.41) is 29.5. The summed E-state index contributed by atoms with van der Waals surface area (Å²) in [6.07, 6.45) is -0.0240. The first-order valence-electron chi connectivity index (χ1n) is 6.78. The van der Waals surface area contributed by atoms with Crippen molar-refractivity contribution >= 4 is 32.6 Å². The third-order valence-electron chi connectivity index (χ3n) is 3.48. The van der Waals surface area contributed by atoms with Gasteiger partial charge in [-0.2, -0.15) is 0 Å². The second kappa shape index (κ2) is 5.89. The number of benzene rings is 2. The number of aromatic nitrogens is 1. The first-order chi connectivity index (χ1) is 11.0. The Labute approximate surface area is 140 Å². The largest absolute Gasteiger partial charge is 0.504 e. The minimum atomic E-state index is -0.702. The highest BCUT2D eigenvalue weighted by molar-refractivity contribution is 9.10. The van der Waals surface area contributed by atoms with E-state index in [1.807, 2.05) is 24.3 Å². The molecule has 0 bridgehead atoms. The van der Waals surface area contributed by atoms with Crippen LogP contribution in [0, 0.1) is 0 Å². The van der Waals surface area contributed by atoms with Crippen LogP contribution in [0.15, 0.2) is 46.9 Å². The molecule has 3 N–H and O–H groups in total. The molecule has 0 aliphatic heterocycles. The normalized spacial score (nSPS) is 10.8. The van der Waals surface area contributed by atoms with Crippen molar-refractivity contribution in [2.45, 2.75) is 6.42 Å². The molecule has 0 aliphatic rings. The van der Waals surface area contributed by atoms with Gasteiger partial charge in [-0.25, -0.2) is 0 Å². The Morgan fingerprint density at radius 1 is 1.00 bits per heavy atom. The van der Waals surface area contributed by atoms with Gasteiger partial charge in [0.25, 0.3) is 0 Å². The molecule has 0 aliphatic carbocycles. The number of halogens is 1. The van der Waals surface area contributed by atoms with Crippen molar-refractivity contribution in [3.05, 3.63) is 58.2 Å². The molecule has 1 heterocycles. The van der Waals surface area contributed by atoms with Gasteiger partial charge in [0.2, 0.25) is 5.75 Å². The predicted molar refractivity (Wildman–Crippen MR) is 88.9 cm³/mol. The van der Waals surface area contributed by atoms with Gasteiger partial charge >= 0.3 is 0 Å². The molecular weight excluding hydrogens is 362 g/mol. The number of rotatable bonds is 3. The number of aromatic hydroxyl groups is 3. The average molecular weight is 374 g/mol. The summed E-state index contributed by atoms with van der Waals surface area (Å²) < 4.78 is 0.945.